The van der Waals surface area contributed by atoms with Gasteiger partial charge in [-0.2, -0.15) is 0 Å². The third-order valence-electron chi connectivity index (χ3n) is 1.85. The molecular formula is C10H20N2O3. The van der Waals surface area contributed by atoms with Crippen LogP contribution in [0.15, 0.2) is 0 Å². The van der Waals surface area contributed by atoms with Crippen LogP contribution in [-0.4, -0.2) is 29.1 Å². The van der Waals surface area contributed by atoms with Crippen LogP contribution in [0.5, 0.6) is 0 Å². The van der Waals surface area contributed by atoms with Crippen molar-refractivity contribution in [3.63, 3.8) is 0 Å². The van der Waals surface area contributed by atoms with E-state index in [1.807, 2.05) is 13.8 Å². The minimum Gasteiger partial charge on any atom is -0.480 e. The molecule has 0 bridgehead atoms. The number of rotatable bonds is 6. The van der Waals surface area contributed by atoms with Gasteiger partial charge in [0.05, 0.1) is 0 Å². The molecule has 0 saturated carbocycles. The Labute approximate surface area is 90.0 Å². The molecule has 0 aromatic heterocycles. The fraction of sp³-hybridized carbons (Fsp3) is 0.800. The standard InChI is InChI=1S/C10H20N2O3/c1-6(2)4-8(10(14)15)12-9(13)5-7(3)11/h6-8H,4-5,11H2,1-3H3,(H,12,13)(H,14,15). The number of hydrogen-bond donors (Lipinski definition) is 3. The van der Waals surface area contributed by atoms with Crippen molar-refractivity contribution in [2.45, 2.75) is 45.7 Å². The zero-order valence-electron chi connectivity index (χ0n) is 9.49. The maximum Gasteiger partial charge on any atom is 0.326 e. The molecule has 88 valence electrons. The van der Waals surface area contributed by atoms with Gasteiger partial charge in [-0.25, -0.2) is 4.79 Å². The molecule has 0 saturated heterocycles. The summed E-state index contributed by atoms with van der Waals surface area (Å²) < 4.78 is 0. The smallest absolute Gasteiger partial charge is 0.326 e. The maximum atomic E-state index is 11.3. The van der Waals surface area contributed by atoms with E-state index in [2.05, 4.69) is 5.32 Å². The van der Waals surface area contributed by atoms with E-state index in [1.165, 1.54) is 0 Å². The van der Waals surface area contributed by atoms with Crippen molar-refractivity contribution in [3.8, 4) is 0 Å². The highest BCUT2D eigenvalue weighted by molar-refractivity contribution is 5.83. The molecule has 2 atom stereocenters. The van der Waals surface area contributed by atoms with Gasteiger partial charge in [-0.1, -0.05) is 13.8 Å². The van der Waals surface area contributed by atoms with Crippen LogP contribution in [0, 0.1) is 5.92 Å². The SMILES string of the molecule is CC(C)CC(NC(=O)CC(C)N)C(=O)O. The largest absolute Gasteiger partial charge is 0.480 e. The Hall–Kier alpha value is -1.10. The first-order valence-corrected chi connectivity index (χ1v) is 5.10. The Morgan fingerprint density at radius 3 is 2.20 bits per heavy atom. The van der Waals surface area contributed by atoms with Gasteiger partial charge in [0.1, 0.15) is 6.04 Å². The number of carboxylic acid groups (broad SMARTS) is 1. The molecule has 0 fully saturated rings. The van der Waals surface area contributed by atoms with Crippen LogP contribution in [0.1, 0.15) is 33.6 Å². The zero-order valence-corrected chi connectivity index (χ0v) is 9.49. The molecule has 1 amide bonds. The summed E-state index contributed by atoms with van der Waals surface area (Å²) in [4.78, 5) is 22.1. The van der Waals surface area contributed by atoms with E-state index < -0.39 is 12.0 Å². The summed E-state index contributed by atoms with van der Waals surface area (Å²) >= 11 is 0. The molecular weight excluding hydrogens is 196 g/mol. The molecule has 0 aliphatic heterocycles. The molecule has 0 heterocycles. The lowest BCUT2D eigenvalue weighted by molar-refractivity contribution is -0.142. The molecule has 15 heavy (non-hydrogen) atoms. The third kappa shape index (κ3) is 6.90. The van der Waals surface area contributed by atoms with Crippen LogP contribution in [0.2, 0.25) is 0 Å². The molecule has 0 aliphatic rings. The number of hydrogen-bond acceptors (Lipinski definition) is 3. The Bertz CT molecular complexity index is 227. The van der Waals surface area contributed by atoms with Gasteiger partial charge in [-0.15, -0.1) is 0 Å². The molecule has 2 unspecified atom stereocenters. The van der Waals surface area contributed by atoms with Gasteiger partial charge in [0, 0.05) is 12.5 Å². The molecule has 0 aromatic carbocycles. The summed E-state index contributed by atoms with van der Waals surface area (Å²) in [6, 6.07) is -1.06. The minimum absolute atomic E-state index is 0.155. The molecule has 5 heteroatoms. The Balaban J connectivity index is 4.16. The molecule has 4 N–H and O–H groups in total. The summed E-state index contributed by atoms with van der Waals surface area (Å²) in [7, 11) is 0. The van der Waals surface area contributed by atoms with Gasteiger partial charge in [-0.05, 0) is 19.3 Å². The fourth-order valence-electron chi connectivity index (χ4n) is 1.24. The van der Waals surface area contributed by atoms with Crippen molar-refractivity contribution in [1.82, 2.24) is 5.32 Å². The summed E-state index contributed by atoms with van der Waals surface area (Å²) in [5.41, 5.74) is 5.44. The lowest BCUT2D eigenvalue weighted by Crippen LogP contribution is -2.43. The van der Waals surface area contributed by atoms with E-state index in [1.54, 1.807) is 6.92 Å². The lowest BCUT2D eigenvalue weighted by Gasteiger charge is -2.17. The van der Waals surface area contributed by atoms with Crippen LogP contribution >= 0.6 is 0 Å². The second-order valence-corrected chi connectivity index (χ2v) is 4.27. The number of carboxylic acids is 1. The van der Waals surface area contributed by atoms with Crippen molar-refractivity contribution >= 4 is 11.9 Å². The first-order valence-electron chi connectivity index (χ1n) is 5.10. The van der Waals surface area contributed by atoms with Gasteiger partial charge in [0.2, 0.25) is 5.91 Å². The quantitative estimate of drug-likeness (QED) is 0.597. The van der Waals surface area contributed by atoms with Crippen molar-refractivity contribution in [2.75, 3.05) is 0 Å². The van der Waals surface area contributed by atoms with Crippen molar-refractivity contribution in [1.29, 1.82) is 0 Å². The van der Waals surface area contributed by atoms with Gasteiger partial charge in [0.25, 0.3) is 0 Å². The normalized spacial score (nSPS) is 14.7. The first-order chi connectivity index (χ1) is 6.82. The molecule has 0 aromatic rings. The topological polar surface area (TPSA) is 92.4 Å². The van der Waals surface area contributed by atoms with Crippen molar-refractivity contribution in [3.05, 3.63) is 0 Å². The monoisotopic (exact) mass is 216 g/mol. The van der Waals surface area contributed by atoms with Crippen LogP contribution < -0.4 is 11.1 Å². The van der Waals surface area contributed by atoms with Gasteiger partial charge in [-0.3, -0.25) is 4.79 Å². The first kappa shape index (κ1) is 13.9. The molecule has 0 radical (unpaired) electrons. The molecule has 0 spiro atoms. The van der Waals surface area contributed by atoms with E-state index in [-0.39, 0.29) is 24.3 Å². The average molecular weight is 216 g/mol. The Kier molecular flexibility index (Phi) is 5.93. The average Bonchev–Trinajstić information content (AvgIpc) is 1.99. The van der Waals surface area contributed by atoms with Gasteiger partial charge >= 0.3 is 5.97 Å². The lowest BCUT2D eigenvalue weighted by atomic mass is 10.0. The summed E-state index contributed by atoms with van der Waals surface area (Å²) in [6.07, 6.45) is 0.585. The number of amides is 1. The Morgan fingerprint density at radius 1 is 1.33 bits per heavy atom. The predicted molar refractivity (Wildman–Crippen MR) is 57.3 cm³/mol. The molecule has 0 aliphatic carbocycles. The van der Waals surface area contributed by atoms with E-state index in [9.17, 15) is 9.59 Å². The highest BCUT2D eigenvalue weighted by Gasteiger charge is 2.21. The second kappa shape index (κ2) is 6.40. The third-order valence-corrected chi connectivity index (χ3v) is 1.85. The highest BCUT2D eigenvalue weighted by atomic mass is 16.4. The van der Waals surface area contributed by atoms with Crippen molar-refractivity contribution < 1.29 is 14.7 Å². The van der Waals surface area contributed by atoms with Crippen LogP contribution in [0.25, 0.3) is 0 Å². The fourth-order valence-corrected chi connectivity index (χ4v) is 1.24. The highest BCUT2D eigenvalue weighted by Crippen LogP contribution is 2.05. The number of nitrogens with one attached hydrogen (secondary N) is 1. The maximum absolute atomic E-state index is 11.3. The van der Waals surface area contributed by atoms with Crippen LogP contribution in [0.4, 0.5) is 0 Å². The second-order valence-electron chi connectivity index (χ2n) is 4.27. The van der Waals surface area contributed by atoms with Crippen LogP contribution in [0.3, 0.4) is 0 Å². The predicted octanol–water partition coefficient (Wildman–Crippen LogP) is 0.339. The summed E-state index contributed by atoms with van der Waals surface area (Å²) in [5.74, 6) is -1.08. The number of nitrogens with two attached hydrogens (primary N) is 1. The summed E-state index contributed by atoms with van der Waals surface area (Å²) in [5, 5.41) is 11.3. The van der Waals surface area contributed by atoms with Gasteiger partial charge < -0.3 is 16.2 Å². The van der Waals surface area contributed by atoms with Crippen LogP contribution in [-0.2, 0) is 9.59 Å². The molecule has 0 rings (SSSR count). The van der Waals surface area contributed by atoms with E-state index in [4.69, 9.17) is 10.8 Å². The van der Waals surface area contributed by atoms with E-state index in [0.29, 0.717) is 6.42 Å². The molecule has 5 nitrogen and oxygen atoms in total. The van der Waals surface area contributed by atoms with E-state index in [0.717, 1.165) is 0 Å². The summed E-state index contributed by atoms with van der Waals surface area (Å²) in [6.45, 7) is 5.53. The van der Waals surface area contributed by atoms with Crippen molar-refractivity contribution in [2.24, 2.45) is 11.7 Å². The number of carbonyl (C=O) groups is 2. The zero-order chi connectivity index (χ0) is 12.0. The number of aliphatic carboxylic acids is 1. The van der Waals surface area contributed by atoms with E-state index >= 15 is 0 Å². The Morgan fingerprint density at radius 2 is 1.87 bits per heavy atom. The minimum atomic E-state index is -0.998. The number of carbonyl (C=O) groups excluding carboxylic acids is 1. The van der Waals surface area contributed by atoms with Gasteiger partial charge in [0.15, 0.2) is 0 Å².